The molecular weight excluding hydrogens is 197 g/mol. The number of nitrogens with zero attached hydrogens (tertiary/aromatic N) is 1. The summed E-state index contributed by atoms with van der Waals surface area (Å²) in [6, 6.07) is 4.57. The third kappa shape index (κ3) is 3.88. The van der Waals surface area contributed by atoms with Crippen molar-refractivity contribution in [3.8, 4) is 0 Å². The molecule has 1 rings (SSSR count). The second-order valence-corrected chi connectivity index (χ2v) is 2.56. The summed E-state index contributed by atoms with van der Waals surface area (Å²) < 4.78 is 35.2. The highest BCUT2D eigenvalue weighted by molar-refractivity contribution is 5.90. The molecule has 0 radical (unpaired) electrons. The SMILES string of the molecule is O=C(CC(F)(F)F)Nc1ccccn1. The Morgan fingerprint density at radius 1 is 1.43 bits per heavy atom. The monoisotopic (exact) mass is 204 g/mol. The summed E-state index contributed by atoms with van der Waals surface area (Å²) in [5.41, 5.74) is 0. The Morgan fingerprint density at radius 2 is 2.14 bits per heavy atom. The molecule has 0 atom stereocenters. The first-order valence-corrected chi connectivity index (χ1v) is 3.75. The van der Waals surface area contributed by atoms with Crippen LogP contribution in [0, 0.1) is 0 Å². The molecule has 0 aliphatic heterocycles. The fourth-order valence-corrected chi connectivity index (χ4v) is 0.806. The highest BCUT2D eigenvalue weighted by Gasteiger charge is 2.31. The first kappa shape index (κ1) is 10.5. The van der Waals surface area contributed by atoms with Gasteiger partial charge in [-0.1, -0.05) is 6.07 Å². The highest BCUT2D eigenvalue weighted by Crippen LogP contribution is 2.19. The van der Waals surface area contributed by atoms with E-state index >= 15 is 0 Å². The number of pyridine rings is 1. The van der Waals surface area contributed by atoms with Crippen LogP contribution < -0.4 is 5.32 Å². The Hall–Kier alpha value is -1.59. The number of hydrogen-bond donors (Lipinski definition) is 1. The number of carbonyl (C=O) groups is 1. The highest BCUT2D eigenvalue weighted by atomic mass is 19.4. The smallest absolute Gasteiger partial charge is 0.310 e. The largest absolute Gasteiger partial charge is 0.397 e. The predicted octanol–water partition coefficient (Wildman–Crippen LogP) is 1.97. The molecule has 0 bridgehead atoms. The number of rotatable bonds is 2. The molecule has 1 aromatic heterocycles. The first-order chi connectivity index (χ1) is 6.47. The van der Waals surface area contributed by atoms with Crippen molar-refractivity contribution in [2.75, 3.05) is 5.32 Å². The summed E-state index contributed by atoms with van der Waals surface area (Å²) in [6.07, 6.45) is -4.61. The molecule has 0 aliphatic rings. The maximum absolute atomic E-state index is 11.7. The predicted molar refractivity (Wildman–Crippen MR) is 43.5 cm³/mol. The average Bonchev–Trinajstić information content (AvgIpc) is 2.02. The van der Waals surface area contributed by atoms with Crippen LogP contribution in [0.2, 0.25) is 0 Å². The zero-order valence-electron chi connectivity index (χ0n) is 7.01. The summed E-state index contributed by atoms with van der Waals surface area (Å²) >= 11 is 0. The number of hydrogen-bond acceptors (Lipinski definition) is 2. The van der Waals surface area contributed by atoms with Crippen LogP contribution in [0.1, 0.15) is 6.42 Å². The lowest BCUT2D eigenvalue weighted by molar-refractivity contribution is -0.150. The molecule has 1 amide bonds. The molecule has 0 spiro atoms. The molecule has 3 nitrogen and oxygen atoms in total. The minimum absolute atomic E-state index is 0.113. The number of carbonyl (C=O) groups excluding carboxylic acids is 1. The van der Waals surface area contributed by atoms with Gasteiger partial charge in [-0.15, -0.1) is 0 Å². The van der Waals surface area contributed by atoms with Crippen molar-refractivity contribution >= 4 is 11.7 Å². The van der Waals surface area contributed by atoms with Crippen molar-refractivity contribution in [3.05, 3.63) is 24.4 Å². The standard InChI is InChI=1S/C8H7F3N2O/c9-8(10,11)5-7(14)13-6-3-1-2-4-12-6/h1-4H,5H2,(H,12,13,14). The average molecular weight is 204 g/mol. The van der Waals surface area contributed by atoms with Gasteiger partial charge in [0.1, 0.15) is 12.2 Å². The van der Waals surface area contributed by atoms with Gasteiger partial charge in [0.2, 0.25) is 5.91 Å². The van der Waals surface area contributed by atoms with E-state index < -0.39 is 18.5 Å². The normalized spacial score (nSPS) is 11.1. The van der Waals surface area contributed by atoms with Gasteiger partial charge in [0.25, 0.3) is 0 Å². The van der Waals surface area contributed by atoms with Crippen LogP contribution in [-0.4, -0.2) is 17.1 Å². The van der Waals surface area contributed by atoms with Crippen molar-refractivity contribution in [2.24, 2.45) is 0 Å². The van der Waals surface area contributed by atoms with Crippen molar-refractivity contribution in [2.45, 2.75) is 12.6 Å². The molecular formula is C8H7F3N2O. The van der Waals surface area contributed by atoms with Gasteiger partial charge in [0.15, 0.2) is 0 Å². The number of amides is 1. The van der Waals surface area contributed by atoms with E-state index in [9.17, 15) is 18.0 Å². The summed E-state index contributed by atoms with van der Waals surface area (Å²) in [5, 5.41) is 2.03. The Kier molecular flexibility index (Phi) is 3.06. The maximum Gasteiger partial charge on any atom is 0.397 e. The van der Waals surface area contributed by atoms with Crippen LogP contribution in [-0.2, 0) is 4.79 Å². The maximum atomic E-state index is 11.7. The van der Waals surface area contributed by atoms with Crippen LogP contribution >= 0.6 is 0 Å². The van der Waals surface area contributed by atoms with E-state index in [1.54, 1.807) is 12.1 Å². The van der Waals surface area contributed by atoms with E-state index in [1.165, 1.54) is 12.3 Å². The van der Waals surface area contributed by atoms with Gasteiger partial charge in [-0.05, 0) is 12.1 Å². The van der Waals surface area contributed by atoms with E-state index in [4.69, 9.17) is 0 Å². The van der Waals surface area contributed by atoms with Crippen LogP contribution in [0.25, 0.3) is 0 Å². The van der Waals surface area contributed by atoms with Gasteiger partial charge in [-0.3, -0.25) is 4.79 Å². The summed E-state index contributed by atoms with van der Waals surface area (Å²) in [6.45, 7) is 0. The zero-order valence-corrected chi connectivity index (χ0v) is 7.01. The molecule has 0 unspecified atom stereocenters. The summed E-state index contributed by atoms with van der Waals surface area (Å²) in [5.74, 6) is -1.00. The molecule has 1 aromatic rings. The second kappa shape index (κ2) is 4.08. The molecule has 1 N–H and O–H groups in total. The minimum atomic E-state index is -4.49. The van der Waals surface area contributed by atoms with E-state index in [-0.39, 0.29) is 5.82 Å². The minimum Gasteiger partial charge on any atom is -0.310 e. The number of halogens is 3. The van der Waals surface area contributed by atoms with Crippen molar-refractivity contribution in [3.63, 3.8) is 0 Å². The Morgan fingerprint density at radius 3 is 2.64 bits per heavy atom. The van der Waals surface area contributed by atoms with Crippen molar-refractivity contribution in [1.29, 1.82) is 0 Å². The first-order valence-electron chi connectivity index (χ1n) is 3.75. The van der Waals surface area contributed by atoms with Gasteiger partial charge >= 0.3 is 6.18 Å². The van der Waals surface area contributed by atoms with Gasteiger partial charge < -0.3 is 5.32 Å². The van der Waals surface area contributed by atoms with E-state index in [0.29, 0.717) is 0 Å². The Labute approximate surface area is 78.0 Å². The fourth-order valence-electron chi connectivity index (χ4n) is 0.806. The fraction of sp³-hybridized carbons (Fsp3) is 0.250. The molecule has 0 aromatic carbocycles. The molecule has 0 saturated heterocycles. The van der Waals surface area contributed by atoms with Crippen LogP contribution in [0.15, 0.2) is 24.4 Å². The Balaban J connectivity index is 2.50. The Bertz CT molecular complexity index is 310. The van der Waals surface area contributed by atoms with Crippen LogP contribution in [0.3, 0.4) is 0 Å². The number of alkyl halides is 3. The molecule has 0 aliphatic carbocycles. The molecule has 76 valence electrons. The van der Waals surface area contributed by atoms with Gasteiger partial charge in [-0.25, -0.2) is 4.98 Å². The van der Waals surface area contributed by atoms with E-state index in [2.05, 4.69) is 4.98 Å². The number of nitrogens with one attached hydrogen (secondary N) is 1. The molecule has 14 heavy (non-hydrogen) atoms. The lowest BCUT2D eigenvalue weighted by atomic mass is 10.4. The number of anilines is 1. The van der Waals surface area contributed by atoms with Gasteiger partial charge in [0.05, 0.1) is 0 Å². The topological polar surface area (TPSA) is 42.0 Å². The molecule has 0 fully saturated rings. The lowest BCUT2D eigenvalue weighted by Gasteiger charge is -2.06. The van der Waals surface area contributed by atoms with E-state index in [1.807, 2.05) is 5.32 Å². The zero-order chi connectivity index (χ0) is 10.6. The number of aromatic nitrogens is 1. The van der Waals surface area contributed by atoms with Gasteiger partial charge in [-0.2, -0.15) is 13.2 Å². The quantitative estimate of drug-likeness (QED) is 0.800. The third-order valence-electron chi connectivity index (χ3n) is 1.29. The summed E-state index contributed by atoms with van der Waals surface area (Å²) in [7, 11) is 0. The molecule has 0 saturated carbocycles. The molecule has 6 heteroatoms. The van der Waals surface area contributed by atoms with Crippen LogP contribution in [0.5, 0.6) is 0 Å². The van der Waals surface area contributed by atoms with Crippen molar-refractivity contribution in [1.82, 2.24) is 4.98 Å². The van der Waals surface area contributed by atoms with Crippen LogP contribution in [0.4, 0.5) is 19.0 Å². The van der Waals surface area contributed by atoms with Gasteiger partial charge in [0, 0.05) is 6.20 Å². The second-order valence-electron chi connectivity index (χ2n) is 2.56. The summed E-state index contributed by atoms with van der Waals surface area (Å²) in [4.78, 5) is 14.4. The van der Waals surface area contributed by atoms with Crippen molar-refractivity contribution < 1.29 is 18.0 Å². The third-order valence-corrected chi connectivity index (χ3v) is 1.29. The van der Waals surface area contributed by atoms with E-state index in [0.717, 1.165) is 0 Å². The lowest BCUT2D eigenvalue weighted by Crippen LogP contribution is -2.21. The molecule has 1 heterocycles.